The minimum atomic E-state index is -0.681. The van der Waals surface area contributed by atoms with Crippen molar-refractivity contribution in [2.45, 2.75) is 18.8 Å². The summed E-state index contributed by atoms with van der Waals surface area (Å²) < 4.78 is 28.1. The van der Waals surface area contributed by atoms with E-state index in [-0.39, 0.29) is 5.69 Å². The maximum atomic E-state index is 13.9. The standard InChI is InChI=1S/C14H13BrF2N4/c1-18-11-6-12(21-14(20-11)7-2-3-7)19-13-9(16)4-8(15)5-10(13)17/h4-7H,2-3H2,1H3,(H2,18,19,20,21). The van der Waals surface area contributed by atoms with E-state index in [1.54, 1.807) is 13.1 Å². The number of hydrogen-bond donors (Lipinski definition) is 2. The van der Waals surface area contributed by atoms with Crippen molar-refractivity contribution in [3.63, 3.8) is 0 Å². The van der Waals surface area contributed by atoms with Crippen molar-refractivity contribution in [1.29, 1.82) is 0 Å². The summed E-state index contributed by atoms with van der Waals surface area (Å²) >= 11 is 3.05. The molecule has 0 spiro atoms. The van der Waals surface area contributed by atoms with Gasteiger partial charge in [0.15, 0.2) is 11.6 Å². The molecular formula is C14H13BrF2N4. The first kappa shape index (κ1) is 14.2. The molecule has 1 fully saturated rings. The molecule has 21 heavy (non-hydrogen) atoms. The van der Waals surface area contributed by atoms with Crippen molar-refractivity contribution in [3.8, 4) is 0 Å². The molecule has 3 rings (SSSR count). The highest BCUT2D eigenvalue weighted by Gasteiger charge is 2.27. The first-order chi connectivity index (χ1) is 10.1. The molecule has 7 heteroatoms. The summed E-state index contributed by atoms with van der Waals surface area (Å²) in [5, 5.41) is 5.63. The average molecular weight is 355 g/mol. The normalized spacial score (nSPS) is 14.1. The Morgan fingerprint density at radius 1 is 1.10 bits per heavy atom. The van der Waals surface area contributed by atoms with Gasteiger partial charge in [0, 0.05) is 23.5 Å². The Labute approximate surface area is 129 Å². The summed E-state index contributed by atoms with van der Waals surface area (Å²) in [6.45, 7) is 0. The zero-order valence-electron chi connectivity index (χ0n) is 11.3. The van der Waals surface area contributed by atoms with Gasteiger partial charge in [0.25, 0.3) is 0 Å². The number of nitrogens with zero attached hydrogens (tertiary/aromatic N) is 2. The largest absolute Gasteiger partial charge is 0.373 e. The average Bonchev–Trinajstić information content (AvgIpc) is 3.27. The van der Waals surface area contributed by atoms with Crippen LogP contribution in [0.5, 0.6) is 0 Å². The molecule has 0 saturated heterocycles. The van der Waals surface area contributed by atoms with Crippen molar-refractivity contribution in [2.24, 2.45) is 0 Å². The Kier molecular flexibility index (Phi) is 3.75. The molecule has 0 radical (unpaired) electrons. The number of nitrogens with one attached hydrogen (secondary N) is 2. The fraction of sp³-hybridized carbons (Fsp3) is 0.286. The third-order valence-electron chi connectivity index (χ3n) is 3.20. The lowest BCUT2D eigenvalue weighted by molar-refractivity contribution is 0.589. The molecule has 1 heterocycles. The number of aromatic nitrogens is 2. The zero-order chi connectivity index (χ0) is 15.0. The molecule has 1 saturated carbocycles. The maximum absolute atomic E-state index is 13.9. The summed E-state index contributed by atoms with van der Waals surface area (Å²) in [7, 11) is 1.74. The van der Waals surface area contributed by atoms with Crippen LogP contribution in [0, 0.1) is 11.6 Å². The summed E-state index contributed by atoms with van der Waals surface area (Å²) in [6, 6.07) is 4.02. The van der Waals surface area contributed by atoms with Gasteiger partial charge < -0.3 is 10.6 Å². The van der Waals surface area contributed by atoms with Gasteiger partial charge in [0.1, 0.15) is 23.1 Å². The molecule has 2 N–H and O–H groups in total. The summed E-state index contributed by atoms with van der Waals surface area (Å²) in [6.07, 6.45) is 2.10. The Morgan fingerprint density at radius 2 is 1.71 bits per heavy atom. The summed E-state index contributed by atoms with van der Waals surface area (Å²) in [5.74, 6) is 0.670. The van der Waals surface area contributed by atoms with E-state index in [2.05, 4.69) is 36.5 Å². The van der Waals surface area contributed by atoms with Crippen LogP contribution in [0.2, 0.25) is 0 Å². The Hall–Kier alpha value is -1.76. The van der Waals surface area contributed by atoms with E-state index in [1.807, 2.05) is 0 Å². The Bertz CT molecular complexity index is 666. The van der Waals surface area contributed by atoms with Crippen molar-refractivity contribution in [1.82, 2.24) is 9.97 Å². The van der Waals surface area contributed by atoms with E-state index in [0.717, 1.165) is 12.8 Å². The quantitative estimate of drug-likeness (QED) is 0.864. The SMILES string of the molecule is CNc1cc(Nc2c(F)cc(Br)cc2F)nc(C2CC2)n1. The smallest absolute Gasteiger partial charge is 0.150 e. The van der Waals surface area contributed by atoms with Crippen molar-refractivity contribution >= 4 is 33.3 Å². The fourth-order valence-corrected chi connectivity index (χ4v) is 2.37. The lowest BCUT2D eigenvalue weighted by atomic mass is 10.3. The van der Waals surface area contributed by atoms with E-state index in [9.17, 15) is 8.78 Å². The third-order valence-corrected chi connectivity index (χ3v) is 3.66. The highest BCUT2D eigenvalue weighted by molar-refractivity contribution is 9.10. The molecule has 4 nitrogen and oxygen atoms in total. The molecule has 1 aliphatic carbocycles. The van der Waals surface area contributed by atoms with Gasteiger partial charge in [0.2, 0.25) is 0 Å². The summed E-state index contributed by atoms with van der Waals surface area (Å²) in [4.78, 5) is 8.69. The second-order valence-electron chi connectivity index (χ2n) is 4.89. The van der Waals surface area contributed by atoms with Gasteiger partial charge in [-0.3, -0.25) is 0 Å². The van der Waals surface area contributed by atoms with E-state index >= 15 is 0 Å². The van der Waals surface area contributed by atoms with Gasteiger partial charge in [-0.2, -0.15) is 0 Å². The van der Waals surface area contributed by atoms with Gasteiger partial charge in [-0.15, -0.1) is 0 Å². The number of rotatable bonds is 4. The van der Waals surface area contributed by atoms with Gasteiger partial charge in [-0.25, -0.2) is 18.7 Å². The predicted octanol–water partition coefficient (Wildman–Crippen LogP) is 4.18. The molecule has 1 aliphatic rings. The Balaban J connectivity index is 1.96. The molecule has 2 aromatic rings. The van der Waals surface area contributed by atoms with Crippen LogP contribution >= 0.6 is 15.9 Å². The van der Waals surface area contributed by atoms with E-state index < -0.39 is 11.6 Å². The van der Waals surface area contributed by atoms with Crippen molar-refractivity contribution < 1.29 is 8.78 Å². The van der Waals surface area contributed by atoms with Crippen LogP contribution in [0.3, 0.4) is 0 Å². The van der Waals surface area contributed by atoms with Crippen molar-refractivity contribution in [3.05, 3.63) is 40.1 Å². The molecule has 1 aromatic carbocycles. The number of anilines is 3. The molecule has 0 atom stereocenters. The predicted molar refractivity (Wildman–Crippen MR) is 80.9 cm³/mol. The van der Waals surface area contributed by atoms with Crippen LogP contribution in [0.25, 0.3) is 0 Å². The van der Waals surface area contributed by atoms with Crippen LogP contribution in [0.4, 0.5) is 26.1 Å². The van der Waals surface area contributed by atoms with Gasteiger partial charge in [-0.1, -0.05) is 15.9 Å². The van der Waals surface area contributed by atoms with E-state index in [1.165, 1.54) is 12.1 Å². The summed E-state index contributed by atoms with van der Waals surface area (Å²) in [5.41, 5.74) is -0.222. The monoisotopic (exact) mass is 354 g/mol. The van der Waals surface area contributed by atoms with Gasteiger partial charge >= 0.3 is 0 Å². The topological polar surface area (TPSA) is 49.8 Å². The first-order valence-electron chi connectivity index (χ1n) is 6.55. The first-order valence-corrected chi connectivity index (χ1v) is 7.34. The van der Waals surface area contributed by atoms with Crippen LogP contribution < -0.4 is 10.6 Å². The second-order valence-corrected chi connectivity index (χ2v) is 5.81. The van der Waals surface area contributed by atoms with Gasteiger partial charge in [-0.05, 0) is 25.0 Å². The maximum Gasteiger partial charge on any atom is 0.150 e. The van der Waals surface area contributed by atoms with Crippen LogP contribution in [-0.4, -0.2) is 17.0 Å². The highest BCUT2D eigenvalue weighted by Crippen LogP contribution is 2.39. The van der Waals surface area contributed by atoms with Gasteiger partial charge in [0.05, 0.1) is 0 Å². The molecule has 1 aromatic heterocycles. The van der Waals surface area contributed by atoms with Crippen molar-refractivity contribution in [2.75, 3.05) is 17.7 Å². The van der Waals surface area contributed by atoms with Crippen LogP contribution in [0.15, 0.2) is 22.7 Å². The number of halogens is 3. The lowest BCUT2D eigenvalue weighted by Crippen LogP contribution is -2.05. The minimum absolute atomic E-state index is 0.222. The lowest BCUT2D eigenvalue weighted by Gasteiger charge is -2.11. The molecule has 0 amide bonds. The van der Waals surface area contributed by atoms with Crippen LogP contribution in [0.1, 0.15) is 24.6 Å². The Morgan fingerprint density at radius 3 is 2.29 bits per heavy atom. The minimum Gasteiger partial charge on any atom is -0.373 e. The van der Waals surface area contributed by atoms with E-state index in [0.29, 0.717) is 27.9 Å². The second kappa shape index (κ2) is 5.55. The molecule has 0 unspecified atom stereocenters. The molecular weight excluding hydrogens is 342 g/mol. The van der Waals surface area contributed by atoms with E-state index in [4.69, 9.17) is 0 Å². The van der Waals surface area contributed by atoms with Crippen LogP contribution in [-0.2, 0) is 0 Å². The number of hydrogen-bond acceptors (Lipinski definition) is 4. The third kappa shape index (κ3) is 3.12. The molecule has 0 bridgehead atoms. The fourth-order valence-electron chi connectivity index (χ4n) is 1.97. The zero-order valence-corrected chi connectivity index (χ0v) is 12.8. The molecule has 0 aliphatic heterocycles. The highest BCUT2D eigenvalue weighted by atomic mass is 79.9. The number of benzene rings is 1. The molecule has 110 valence electrons.